The van der Waals surface area contributed by atoms with Crippen molar-refractivity contribution in [1.82, 2.24) is 9.80 Å². The smallest absolute Gasteiger partial charge is 0.407 e. The van der Waals surface area contributed by atoms with Crippen molar-refractivity contribution in [2.24, 2.45) is 5.41 Å². The molecule has 2 aromatic rings. The van der Waals surface area contributed by atoms with Crippen LogP contribution in [0.25, 0.3) is 0 Å². The first kappa shape index (κ1) is 19.2. The van der Waals surface area contributed by atoms with Crippen molar-refractivity contribution in [3.63, 3.8) is 0 Å². The highest BCUT2D eigenvalue weighted by molar-refractivity contribution is 5.65. The van der Waals surface area contributed by atoms with Crippen molar-refractivity contribution in [2.45, 2.75) is 44.9 Å². The van der Waals surface area contributed by atoms with Crippen LogP contribution in [0, 0.1) is 5.41 Å². The van der Waals surface area contributed by atoms with Crippen LogP contribution in [0.2, 0.25) is 0 Å². The number of nitrogens with zero attached hydrogens (tertiary/aromatic N) is 2. The maximum atomic E-state index is 12.5. The first-order valence-corrected chi connectivity index (χ1v) is 10.6. The number of likely N-dealkylation sites (tertiary alicyclic amines) is 1. The molecule has 3 aliphatic rings. The third-order valence-corrected chi connectivity index (χ3v) is 6.77. The minimum Gasteiger partial charge on any atom is -0.483 e. The number of hydrogen-bond acceptors (Lipinski definition) is 5. The van der Waals surface area contributed by atoms with Crippen molar-refractivity contribution in [3.05, 3.63) is 63.7 Å². The number of carboxylic acid groups (broad SMARTS) is 1. The van der Waals surface area contributed by atoms with Gasteiger partial charge in [-0.15, -0.1) is 0 Å². The molecule has 1 spiro atoms. The minimum absolute atomic E-state index is 0.0216. The Morgan fingerprint density at radius 3 is 2.77 bits per heavy atom. The third kappa shape index (κ3) is 3.69. The summed E-state index contributed by atoms with van der Waals surface area (Å²) >= 11 is 0. The van der Waals surface area contributed by atoms with Crippen molar-refractivity contribution in [3.8, 4) is 5.75 Å². The van der Waals surface area contributed by atoms with Gasteiger partial charge in [-0.25, -0.2) is 4.79 Å². The molecule has 7 nitrogen and oxygen atoms in total. The van der Waals surface area contributed by atoms with E-state index in [0.717, 1.165) is 38.8 Å². The monoisotopic (exact) mass is 410 g/mol. The molecule has 1 aromatic carbocycles. The molecule has 7 heteroatoms. The largest absolute Gasteiger partial charge is 0.483 e. The molecule has 1 amide bonds. The molecule has 1 saturated heterocycles. The molecule has 0 unspecified atom stereocenters. The molecule has 2 aliphatic heterocycles. The van der Waals surface area contributed by atoms with Crippen molar-refractivity contribution in [1.29, 1.82) is 0 Å². The van der Waals surface area contributed by atoms with Gasteiger partial charge < -0.3 is 19.2 Å². The SMILES string of the molecule is O=C(O)N1CCC2(CC(Oc3coc(CN4CCc5ccccc5C4)cc3=O)C2)C1. The molecule has 3 heterocycles. The van der Waals surface area contributed by atoms with Gasteiger partial charge in [-0.3, -0.25) is 9.69 Å². The fourth-order valence-corrected chi connectivity index (χ4v) is 5.12. The number of carbonyl (C=O) groups is 1. The lowest BCUT2D eigenvalue weighted by Gasteiger charge is -2.44. The summed E-state index contributed by atoms with van der Waals surface area (Å²) in [5, 5.41) is 9.13. The lowest BCUT2D eigenvalue weighted by molar-refractivity contribution is -0.00906. The molecule has 5 rings (SSSR count). The van der Waals surface area contributed by atoms with E-state index in [4.69, 9.17) is 14.3 Å². The Morgan fingerprint density at radius 2 is 2.03 bits per heavy atom. The second kappa shape index (κ2) is 7.47. The molecule has 1 aromatic heterocycles. The van der Waals surface area contributed by atoms with Crippen LogP contribution in [0.5, 0.6) is 5.75 Å². The number of ether oxygens (including phenoxy) is 1. The summed E-state index contributed by atoms with van der Waals surface area (Å²) in [6.45, 7) is 3.54. The van der Waals surface area contributed by atoms with E-state index in [1.807, 2.05) is 0 Å². The maximum absolute atomic E-state index is 12.5. The zero-order valence-electron chi connectivity index (χ0n) is 16.9. The number of rotatable bonds is 4. The Kier molecular flexibility index (Phi) is 4.77. The lowest BCUT2D eigenvalue weighted by Crippen LogP contribution is -2.46. The van der Waals surface area contributed by atoms with Crippen LogP contribution >= 0.6 is 0 Å². The van der Waals surface area contributed by atoms with Crippen molar-refractivity contribution in [2.75, 3.05) is 19.6 Å². The van der Waals surface area contributed by atoms with Gasteiger partial charge in [0.05, 0.1) is 6.54 Å². The van der Waals surface area contributed by atoms with E-state index in [0.29, 0.717) is 25.4 Å². The van der Waals surface area contributed by atoms with Gasteiger partial charge in [-0.1, -0.05) is 24.3 Å². The van der Waals surface area contributed by atoms with Crippen LogP contribution in [0.1, 0.15) is 36.1 Å². The number of benzene rings is 1. The zero-order valence-corrected chi connectivity index (χ0v) is 16.9. The third-order valence-electron chi connectivity index (χ3n) is 6.77. The molecule has 30 heavy (non-hydrogen) atoms. The molecular formula is C23H26N2O5. The molecule has 2 fully saturated rings. The lowest BCUT2D eigenvalue weighted by atomic mass is 9.66. The minimum atomic E-state index is -0.857. The van der Waals surface area contributed by atoms with Crippen LogP contribution < -0.4 is 10.2 Å². The average Bonchev–Trinajstić information content (AvgIpc) is 3.15. The number of hydrogen-bond donors (Lipinski definition) is 1. The van der Waals surface area contributed by atoms with Gasteiger partial charge in [-0.05, 0) is 42.2 Å². The fraction of sp³-hybridized carbons (Fsp3) is 0.478. The van der Waals surface area contributed by atoms with Crippen LogP contribution in [-0.2, 0) is 19.5 Å². The molecule has 0 atom stereocenters. The van der Waals surface area contributed by atoms with Crippen LogP contribution in [0.3, 0.4) is 0 Å². The van der Waals surface area contributed by atoms with E-state index in [-0.39, 0.29) is 22.7 Å². The molecule has 1 N–H and O–H groups in total. The first-order valence-electron chi connectivity index (χ1n) is 10.6. The maximum Gasteiger partial charge on any atom is 0.407 e. The van der Waals surface area contributed by atoms with E-state index in [9.17, 15) is 9.59 Å². The van der Waals surface area contributed by atoms with Gasteiger partial charge in [-0.2, -0.15) is 0 Å². The van der Waals surface area contributed by atoms with Gasteiger partial charge in [0.1, 0.15) is 18.1 Å². The van der Waals surface area contributed by atoms with E-state index in [1.165, 1.54) is 28.4 Å². The quantitative estimate of drug-likeness (QED) is 0.834. The molecule has 158 valence electrons. The van der Waals surface area contributed by atoms with Gasteiger partial charge >= 0.3 is 6.09 Å². The first-order chi connectivity index (χ1) is 14.5. The normalized spacial score (nSPS) is 25.7. The van der Waals surface area contributed by atoms with Crippen LogP contribution in [0.15, 0.2) is 45.8 Å². The van der Waals surface area contributed by atoms with Crippen molar-refractivity contribution < 1.29 is 19.1 Å². The Balaban J connectivity index is 1.17. The highest BCUT2D eigenvalue weighted by atomic mass is 16.5. The van der Waals surface area contributed by atoms with E-state index in [1.54, 1.807) is 0 Å². The van der Waals surface area contributed by atoms with Crippen molar-refractivity contribution >= 4 is 6.09 Å². The van der Waals surface area contributed by atoms with Crippen LogP contribution in [0.4, 0.5) is 4.79 Å². The summed E-state index contributed by atoms with van der Waals surface area (Å²) in [6, 6.07) is 10.00. The Labute approximate surface area is 174 Å². The van der Waals surface area contributed by atoms with E-state index >= 15 is 0 Å². The molecule has 0 bridgehead atoms. The second-order valence-electron chi connectivity index (χ2n) is 8.91. The Hall–Kier alpha value is -2.80. The molecular weight excluding hydrogens is 384 g/mol. The summed E-state index contributed by atoms with van der Waals surface area (Å²) < 4.78 is 11.6. The second-order valence-corrected chi connectivity index (χ2v) is 8.91. The molecule has 1 saturated carbocycles. The summed E-state index contributed by atoms with van der Waals surface area (Å²) in [7, 11) is 0. The summed E-state index contributed by atoms with van der Waals surface area (Å²) in [5.41, 5.74) is 2.59. The number of amides is 1. The number of fused-ring (bicyclic) bond motifs is 1. The molecule has 0 radical (unpaired) electrons. The van der Waals surface area contributed by atoms with Gasteiger partial charge in [0.2, 0.25) is 11.2 Å². The highest BCUT2D eigenvalue weighted by Crippen LogP contribution is 2.49. The predicted molar refractivity (Wildman–Crippen MR) is 110 cm³/mol. The van der Waals surface area contributed by atoms with Gasteiger partial charge in [0, 0.05) is 32.2 Å². The summed E-state index contributed by atoms with van der Waals surface area (Å²) in [4.78, 5) is 27.4. The fourth-order valence-electron chi connectivity index (χ4n) is 5.12. The van der Waals surface area contributed by atoms with E-state index < -0.39 is 6.09 Å². The summed E-state index contributed by atoms with van der Waals surface area (Å²) in [6.07, 6.45) is 3.96. The highest BCUT2D eigenvalue weighted by Gasteiger charge is 2.50. The van der Waals surface area contributed by atoms with Crippen LogP contribution in [-0.4, -0.2) is 46.7 Å². The average molecular weight is 410 g/mol. The molecule has 1 aliphatic carbocycles. The zero-order chi connectivity index (χ0) is 20.7. The predicted octanol–water partition coefficient (Wildman–Crippen LogP) is 3.11. The standard InChI is InChI=1S/C23H26N2O5/c26-20-9-18(13-24-7-5-16-3-1-2-4-17(16)12-24)29-14-21(20)30-19-10-23(11-19)6-8-25(15-23)22(27)28/h1-4,9,14,19H,5-8,10-13,15H2,(H,27,28). The summed E-state index contributed by atoms with van der Waals surface area (Å²) in [5.74, 6) is 0.889. The Bertz CT molecular complexity index is 1010. The van der Waals surface area contributed by atoms with E-state index in [2.05, 4.69) is 29.2 Å². The Morgan fingerprint density at radius 1 is 1.23 bits per heavy atom. The van der Waals surface area contributed by atoms with Gasteiger partial charge in [0.15, 0.2) is 0 Å². The topological polar surface area (TPSA) is 83.2 Å². The van der Waals surface area contributed by atoms with Gasteiger partial charge in [0.25, 0.3) is 0 Å².